The zero-order valence-corrected chi connectivity index (χ0v) is 6.64. The first kappa shape index (κ1) is 7.72. The average Bonchev–Trinajstić information content (AvgIpc) is 2.36. The topological polar surface area (TPSA) is 46.2 Å². The Labute approximate surface area is 64.3 Å². The van der Waals surface area contributed by atoms with Crippen molar-refractivity contribution in [1.29, 1.82) is 0 Å². The molecule has 2 atom stereocenters. The van der Waals surface area contributed by atoms with E-state index in [-0.39, 0.29) is 6.04 Å². The van der Waals surface area contributed by atoms with Gasteiger partial charge in [-0.3, -0.25) is 0 Å². The summed E-state index contributed by atoms with van der Waals surface area (Å²) in [5.74, 6) is 0. The van der Waals surface area contributed by atoms with Crippen LogP contribution in [0, 0.1) is 0 Å². The second-order valence-electron chi connectivity index (χ2n) is 2.32. The number of hydrogen-bond donors (Lipinski definition) is 2. The Balaban J connectivity index is 2.68. The SMILES string of the molecule is C[C@H](O)[C@H](N)c1ccsc1. The predicted molar refractivity (Wildman–Crippen MR) is 42.9 cm³/mol. The van der Waals surface area contributed by atoms with Crippen LogP contribution in [-0.4, -0.2) is 11.2 Å². The number of aliphatic hydroxyl groups excluding tert-OH is 1. The molecule has 0 aliphatic carbocycles. The maximum Gasteiger partial charge on any atom is 0.0705 e. The van der Waals surface area contributed by atoms with Crippen LogP contribution in [0.3, 0.4) is 0 Å². The molecule has 0 saturated carbocycles. The van der Waals surface area contributed by atoms with Gasteiger partial charge in [-0.05, 0) is 29.3 Å². The number of aliphatic hydroxyl groups is 1. The standard InChI is InChI=1S/C7H11NOS/c1-5(9)7(8)6-2-3-10-4-6/h2-5,7,9H,8H2,1H3/t5-,7-/m0/s1. The van der Waals surface area contributed by atoms with E-state index in [1.54, 1.807) is 18.3 Å². The predicted octanol–water partition coefficient (Wildman–Crippen LogP) is 1.13. The summed E-state index contributed by atoms with van der Waals surface area (Å²) in [6.45, 7) is 1.70. The van der Waals surface area contributed by atoms with Crippen LogP contribution < -0.4 is 5.73 Å². The quantitative estimate of drug-likeness (QED) is 0.676. The van der Waals surface area contributed by atoms with Crippen molar-refractivity contribution in [2.24, 2.45) is 5.73 Å². The summed E-state index contributed by atoms with van der Waals surface area (Å²) in [6.07, 6.45) is -0.463. The fourth-order valence-corrected chi connectivity index (χ4v) is 1.45. The Morgan fingerprint density at radius 2 is 2.40 bits per heavy atom. The molecule has 0 unspecified atom stereocenters. The van der Waals surface area contributed by atoms with E-state index >= 15 is 0 Å². The first-order valence-electron chi connectivity index (χ1n) is 3.17. The number of nitrogens with two attached hydrogens (primary N) is 1. The highest BCUT2D eigenvalue weighted by Crippen LogP contribution is 2.16. The molecule has 1 aromatic rings. The van der Waals surface area contributed by atoms with Crippen molar-refractivity contribution in [2.75, 3.05) is 0 Å². The van der Waals surface area contributed by atoms with Crippen LogP contribution in [0.15, 0.2) is 16.8 Å². The normalized spacial score (nSPS) is 16.7. The van der Waals surface area contributed by atoms with Gasteiger partial charge in [0.05, 0.1) is 12.1 Å². The molecule has 0 bridgehead atoms. The lowest BCUT2D eigenvalue weighted by Crippen LogP contribution is -2.22. The zero-order valence-electron chi connectivity index (χ0n) is 5.82. The molecular formula is C7H11NOS. The van der Waals surface area contributed by atoms with Gasteiger partial charge >= 0.3 is 0 Å². The van der Waals surface area contributed by atoms with Crippen LogP contribution in [0.5, 0.6) is 0 Å². The summed E-state index contributed by atoms with van der Waals surface area (Å²) in [5.41, 5.74) is 6.65. The summed E-state index contributed by atoms with van der Waals surface area (Å²) in [4.78, 5) is 0. The molecule has 10 heavy (non-hydrogen) atoms. The van der Waals surface area contributed by atoms with Gasteiger partial charge in [0.1, 0.15) is 0 Å². The second-order valence-corrected chi connectivity index (χ2v) is 3.10. The van der Waals surface area contributed by atoms with Crippen LogP contribution in [-0.2, 0) is 0 Å². The van der Waals surface area contributed by atoms with Gasteiger partial charge in [-0.1, -0.05) is 0 Å². The van der Waals surface area contributed by atoms with E-state index in [1.807, 2.05) is 16.8 Å². The second kappa shape index (κ2) is 3.14. The fourth-order valence-electron chi connectivity index (χ4n) is 0.743. The molecule has 0 radical (unpaired) electrons. The van der Waals surface area contributed by atoms with Gasteiger partial charge in [-0.2, -0.15) is 11.3 Å². The Kier molecular flexibility index (Phi) is 2.43. The summed E-state index contributed by atoms with van der Waals surface area (Å²) in [6, 6.07) is 1.70. The molecule has 0 saturated heterocycles. The van der Waals surface area contributed by atoms with Crippen molar-refractivity contribution >= 4 is 11.3 Å². The van der Waals surface area contributed by atoms with E-state index in [1.165, 1.54) is 0 Å². The zero-order chi connectivity index (χ0) is 7.56. The highest BCUT2D eigenvalue weighted by molar-refractivity contribution is 7.07. The van der Waals surface area contributed by atoms with Gasteiger partial charge in [0.15, 0.2) is 0 Å². The molecule has 3 heteroatoms. The van der Waals surface area contributed by atoms with Crippen LogP contribution in [0.25, 0.3) is 0 Å². The maximum absolute atomic E-state index is 9.07. The van der Waals surface area contributed by atoms with Crippen LogP contribution in [0.2, 0.25) is 0 Å². The highest BCUT2D eigenvalue weighted by atomic mass is 32.1. The Hall–Kier alpha value is -0.380. The van der Waals surface area contributed by atoms with Crippen molar-refractivity contribution in [3.05, 3.63) is 22.4 Å². The number of thiophene rings is 1. The average molecular weight is 157 g/mol. The Morgan fingerprint density at radius 1 is 1.70 bits per heavy atom. The van der Waals surface area contributed by atoms with Gasteiger partial charge < -0.3 is 10.8 Å². The highest BCUT2D eigenvalue weighted by Gasteiger charge is 2.10. The lowest BCUT2D eigenvalue weighted by molar-refractivity contribution is 0.164. The molecule has 2 nitrogen and oxygen atoms in total. The van der Waals surface area contributed by atoms with Gasteiger partial charge in [0.25, 0.3) is 0 Å². The summed E-state index contributed by atoms with van der Waals surface area (Å²) >= 11 is 1.59. The first-order valence-corrected chi connectivity index (χ1v) is 4.12. The molecule has 1 heterocycles. The molecule has 0 aliphatic heterocycles. The third kappa shape index (κ3) is 1.56. The molecule has 56 valence electrons. The van der Waals surface area contributed by atoms with Crippen molar-refractivity contribution in [1.82, 2.24) is 0 Å². The molecule has 0 amide bonds. The maximum atomic E-state index is 9.07. The van der Waals surface area contributed by atoms with E-state index in [0.29, 0.717) is 0 Å². The molecule has 0 fully saturated rings. The fraction of sp³-hybridized carbons (Fsp3) is 0.429. The van der Waals surface area contributed by atoms with Crippen molar-refractivity contribution in [3.8, 4) is 0 Å². The third-order valence-corrected chi connectivity index (χ3v) is 2.15. The van der Waals surface area contributed by atoms with Gasteiger partial charge in [0.2, 0.25) is 0 Å². The molecule has 3 N–H and O–H groups in total. The van der Waals surface area contributed by atoms with E-state index in [4.69, 9.17) is 10.8 Å². The minimum atomic E-state index is -0.463. The molecule has 1 rings (SSSR count). The Bertz CT molecular complexity index is 183. The largest absolute Gasteiger partial charge is 0.391 e. The smallest absolute Gasteiger partial charge is 0.0705 e. The van der Waals surface area contributed by atoms with E-state index in [0.717, 1.165) is 5.56 Å². The summed E-state index contributed by atoms with van der Waals surface area (Å²) < 4.78 is 0. The lowest BCUT2D eigenvalue weighted by atomic mass is 10.1. The van der Waals surface area contributed by atoms with Gasteiger partial charge in [-0.15, -0.1) is 0 Å². The van der Waals surface area contributed by atoms with Crippen LogP contribution in [0.4, 0.5) is 0 Å². The van der Waals surface area contributed by atoms with E-state index in [2.05, 4.69) is 0 Å². The van der Waals surface area contributed by atoms with Crippen LogP contribution >= 0.6 is 11.3 Å². The number of rotatable bonds is 2. The minimum Gasteiger partial charge on any atom is -0.391 e. The summed E-state index contributed by atoms with van der Waals surface area (Å²) in [7, 11) is 0. The first-order chi connectivity index (χ1) is 4.72. The molecule has 0 spiro atoms. The monoisotopic (exact) mass is 157 g/mol. The van der Waals surface area contributed by atoms with E-state index < -0.39 is 6.10 Å². The summed E-state index contributed by atoms with van der Waals surface area (Å²) in [5, 5.41) is 13.0. The third-order valence-electron chi connectivity index (χ3n) is 1.45. The van der Waals surface area contributed by atoms with Crippen molar-refractivity contribution in [3.63, 3.8) is 0 Å². The van der Waals surface area contributed by atoms with Crippen molar-refractivity contribution < 1.29 is 5.11 Å². The minimum absolute atomic E-state index is 0.230. The van der Waals surface area contributed by atoms with Crippen molar-refractivity contribution in [2.45, 2.75) is 19.1 Å². The van der Waals surface area contributed by atoms with Gasteiger partial charge in [-0.25, -0.2) is 0 Å². The molecule has 0 aromatic carbocycles. The van der Waals surface area contributed by atoms with Crippen LogP contribution in [0.1, 0.15) is 18.5 Å². The molecule has 1 aromatic heterocycles. The lowest BCUT2D eigenvalue weighted by Gasteiger charge is -2.11. The molecular weight excluding hydrogens is 146 g/mol. The van der Waals surface area contributed by atoms with Gasteiger partial charge in [0, 0.05) is 0 Å². The van der Waals surface area contributed by atoms with E-state index in [9.17, 15) is 0 Å². The molecule has 0 aliphatic rings. The Morgan fingerprint density at radius 3 is 2.80 bits per heavy atom. The number of hydrogen-bond acceptors (Lipinski definition) is 3.